The van der Waals surface area contributed by atoms with Crippen LogP contribution < -0.4 is 10.6 Å². The molecule has 0 saturated heterocycles. The number of benzene rings is 1. The van der Waals surface area contributed by atoms with Crippen LogP contribution in [0, 0.1) is 0 Å². The van der Waals surface area contributed by atoms with E-state index in [1.54, 1.807) is 0 Å². The molecule has 0 aliphatic carbocycles. The number of rotatable bonds is 8. The van der Waals surface area contributed by atoms with Crippen molar-refractivity contribution in [2.75, 3.05) is 11.1 Å². The van der Waals surface area contributed by atoms with Gasteiger partial charge in [-0.15, -0.1) is 10.2 Å². The van der Waals surface area contributed by atoms with E-state index in [-0.39, 0.29) is 11.9 Å². The molecule has 0 bridgehead atoms. The van der Waals surface area contributed by atoms with Crippen molar-refractivity contribution in [3.05, 3.63) is 30.3 Å². The third kappa shape index (κ3) is 5.65. The van der Waals surface area contributed by atoms with Gasteiger partial charge in [-0.05, 0) is 25.5 Å². The molecule has 0 radical (unpaired) electrons. The molecule has 0 aliphatic heterocycles. The van der Waals surface area contributed by atoms with Crippen LogP contribution in [-0.4, -0.2) is 27.9 Å². The van der Waals surface area contributed by atoms with Crippen LogP contribution in [-0.2, 0) is 4.79 Å². The van der Waals surface area contributed by atoms with Crippen molar-refractivity contribution in [3.63, 3.8) is 0 Å². The fourth-order valence-electron chi connectivity index (χ4n) is 1.91. The van der Waals surface area contributed by atoms with Crippen LogP contribution in [0.3, 0.4) is 0 Å². The van der Waals surface area contributed by atoms with E-state index in [0.29, 0.717) is 5.75 Å². The van der Waals surface area contributed by atoms with E-state index >= 15 is 0 Å². The first-order valence-electron chi connectivity index (χ1n) is 7.25. The van der Waals surface area contributed by atoms with Gasteiger partial charge in [-0.25, -0.2) is 0 Å². The zero-order chi connectivity index (χ0) is 15.8. The highest BCUT2D eigenvalue weighted by Gasteiger charge is 2.10. The summed E-state index contributed by atoms with van der Waals surface area (Å²) in [6.45, 7) is 4.14. The molecule has 7 heteroatoms. The van der Waals surface area contributed by atoms with Crippen LogP contribution >= 0.6 is 23.1 Å². The number of nitrogens with one attached hydrogen (secondary N) is 2. The Morgan fingerprint density at radius 1 is 1.32 bits per heavy atom. The Morgan fingerprint density at radius 3 is 2.82 bits per heavy atom. The quantitative estimate of drug-likeness (QED) is 0.720. The van der Waals surface area contributed by atoms with Crippen molar-refractivity contribution in [2.24, 2.45) is 0 Å². The molecule has 1 aromatic carbocycles. The Bertz CT molecular complexity index is 588. The molecule has 1 heterocycles. The molecular formula is C15H20N4OS2. The van der Waals surface area contributed by atoms with Crippen LogP contribution in [0.15, 0.2) is 34.7 Å². The molecule has 0 fully saturated rings. The summed E-state index contributed by atoms with van der Waals surface area (Å²) in [7, 11) is 0. The Kier molecular flexibility index (Phi) is 6.67. The van der Waals surface area contributed by atoms with Crippen LogP contribution in [0.5, 0.6) is 0 Å². The van der Waals surface area contributed by atoms with E-state index in [4.69, 9.17) is 0 Å². The molecule has 0 unspecified atom stereocenters. The molecule has 2 aromatic rings. The highest BCUT2D eigenvalue weighted by molar-refractivity contribution is 8.01. The lowest BCUT2D eigenvalue weighted by Crippen LogP contribution is -2.33. The van der Waals surface area contributed by atoms with Crippen LogP contribution in [0.1, 0.15) is 26.7 Å². The van der Waals surface area contributed by atoms with Crippen LogP contribution in [0.4, 0.5) is 10.8 Å². The molecule has 5 nitrogen and oxygen atoms in total. The van der Waals surface area contributed by atoms with E-state index in [2.05, 4.69) is 27.8 Å². The van der Waals surface area contributed by atoms with Crippen molar-refractivity contribution in [2.45, 2.75) is 37.1 Å². The van der Waals surface area contributed by atoms with Crippen LogP contribution in [0.25, 0.3) is 0 Å². The van der Waals surface area contributed by atoms with Gasteiger partial charge in [-0.1, -0.05) is 54.6 Å². The minimum atomic E-state index is 0.0405. The lowest BCUT2D eigenvalue weighted by Gasteiger charge is -2.11. The van der Waals surface area contributed by atoms with Gasteiger partial charge in [0.15, 0.2) is 4.34 Å². The van der Waals surface area contributed by atoms with Gasteiger partial charge in [-0.2, -0.15) is 0 Å². The van der Waals surface area contributed by atoms with Gasteiger partial charge in [-0.3, -0.25) is 4.79 Å². The maximum atomic E-state index is 11.8. The standard InChI is InChI=1S/C15H20N4OS2/c1-3-7-11(2)16-13(20)10-21-15-19-18-14(22-15)17-12-8-5-4-6-9-12/h4-6,8-9,11H,3,7,10H2,1-2H3,(H,16,20)(H,17,18)/t11-/m1/s1. The molecule has 2 N–H and O–H groups in total. The maximum Gasteiger partial charge on any atom is 0.230 e. The fraction of sp³-hybridized carbons (Fsp3) is 0.400. The number of thioether (sulfide) groups is 1. The summed E-state index contributed by atoms with van der Waals surface area (Å²) in [5.74, 6) is 0.410. The Balaban J connectivity index is 1.78. The molecule has 1 amide bonds. The number of carbonyl (C=O) groups excluding carboxylic acids is 1. The molecule has 0 spiro atoms. The molecule has 1 aromatic heterocycles. The number of nitrogens with zero attached hydrogens (tertiary/aromatic N) is 2. The van der Waals surface area contributed by atoms with E-state index in [0.717, 1.165) is 28.0 Å². The molecule has 118 valence electrons. The Morgan fingerprint density at radius 2 is 2.09 bits per heavy atom. The first kappa shape index (κ1) is 16.8. The van der Waals surface area contributed by atoms with Crippen molar-refractivity contribution in [1.82, 2.24) is 15.5 Å². The Hall–Kier alpha value is -1.60. The summed E-state index contributed by atoms with van der Waals surface area (Å²) in [4.78, 5) is 11.8. The highest BCUT2D eigenvalue weighted by Crippen LogP contribution is 2.27. The summed E-state index contributed by atoms with van der Waals surface area (Å²) in [6, 6.07) is 10.0. The molecule has 2 rings (SSSR count). The fourth-order valence-corrected chi connectivity index (χ4v) is 3.50. The van der Waals surface area contributed by atoms with Crippen LogP contribution in [0.2, 0.25) is 0 Å². The van der Waals surface area contributed by atoms with E-state index in [9.17, 15) is 4.79 Å². The molecule has 0 saturated carbocycles. The van der Waals surface area contributed by atoms with Gasteiger partial charge in [0.25, 0.3) is 0 Å². The summed E-state index contributed by atoms with van der Waals surface area (Å²) < 4.78 is 0.789. The monoisotopic (exact) mass is 336 g/mol. The summed E-state index contributed by atoms with van der Waals surface area (Å²) in [6.07, 6.45) is 2.07. The second kappa shape index (κ2) is 8.75. The maximum absolute atomic E-state index is 11.8. The third-order valence-electron chi connectivity index (χ3n) is 2.89. The molecular weight excluding hydrogens is 316 g/mol. The average molecular weight is 336 g/mol. The average Bonchev–Trinajstić information content (AvgIpc) is 2.94. The van der Waals surface area contributed by atoms with E-state index < -0.39 is 0 Å². The summed E-state index contributed by atoms with van der Waals surface area (Å²) in [5.41, 5.74) is 0.973. The van der Waals surface area contributed by atoms with E-state index in [1.165, 1.54) is 23.1 Å². The van der Waals surface area contributed by atoms with Crippen molar-refractivity contribution in [3.8, 4) is 0 Å². The van der Waals surface area contributed by atoms with Gasteiger partial charge < -0.3 is 10.6 Å². The second-order valence-corrected chi connectivity index (χ2v) is 7.11. The van der Waals surface area contributed by atoms with Gasteiger partial charge in [0.2, 0.25) is 11.0 Å². The molecule has 22 heavy (non-hydrogen) atoms. The largest absolute Gasteiger partial charge is 0.353 e. The third-order valence-corrected chi connectivity index (χ3v) is 4.86. The van der Waals surface area contributed by atoms with Crippen molar-refractivity contribution < 1.29 is 4.79 Å². The number of para-hydroxylation sites is 1. The molecule has 0 aliphatic rings. The van der Waals surface area contributed by atoms with Gasteiger partial charge in [0.05, 0.1) is 5.75 Å². The first-order valence-corrected chi connectivity index (χ1v) is 9.05. The minimum absolute atomic E-state index is 0.0405. The van der Waals surface area contributed by atoms with Gasteiger partial charge >= 0.3 is 0 Å². The predicted molar refractivity (Wildman–Crippen MR) is 92.9 cm³/mol. The number of amides is 1. The summed E-state index contributed by atoms with van der Waals surface area (Å²) in [5, 5.41) is 15.1. The lowest BCUT2D eigenvalue weighted by molar-refractivity contribution is -0.119. The van der Waals surface area contributed by atoms with Crippen molar-refractivity contribution in [1.29, 1.82) is 0 Å². The van der Waals surface area contributed by atoms with Crippen molar-refractivity contribution >= 4 is 39.8 Å². The number of aromatic nitrogens is 2. The smallest absolute Gasteiger partial charge is 0.230 e. The highest BCUT2D eigenvalue weighted by atomic mass is 32.2. The topological polar surface area (TPSA) is 66.9 Å². The normalized spacial score (nSPS) is 11.9. The molecule has 1 atom stereocenters. The zero-order valence-electron chi connectivity index (χ0n) is 12.7. The lowest BCUT2D eigenvalue weighted by atomic mass is 10.2. The predicted octanol–water partition coefficient (Wildman–Crippen LogP) is 3.68. The second-order valence-electron chi connectivity index (χ2n) is 4.91. The van der Waals surface area contributed by atoms with E-state index in [1.807, 2.05) is 37.3 Å². The number of anilines is 2. The number of carbonyl (C=O) groups is 1. The van der Waals surface area contributed by atoms with Gasteiger partial charge in [0, 0.05) is 11.7 Å². The summed E-state index contributed by atoms with van der Waals surface area (Å²) >= 11 is 2.86. The number of hydrogen-bond donors (Lipinski definition) is 2. The Labute approximate surface area is 138 Å². The SMILES string of the molecule is CCC[C@@H](C)NC(=O)CSc1nnc(Nc2ccccc2)s1. The van der Waals surface area contributed by atoms with Gasteiger partial charge in [0.1, 0.15) is 0 Å². The number of hydrogen-bond acceptors (Lipinski definition) is 6. The zero-order valence-corrected chi connectivity index (χ0v) is 14.3. The minimum Gasteiger partial charge on any atom is -0.353 e. The first-order chi connectivity index (χ1) is 10.7.